The van der Waals surface area contributed by atoms with E-state index in [0.717, 1.165) is 23.2 Å². The summed E-state index contributed by atoms with van der Waals surface area (Å²) in [6, 6.07) is 11.9. The molecule has 20 heavy (non-hydrogen) atoms. The van der Waals surface area contributed by atoms with Crippen LogP contribution >= 0.6 is 0 Å². The molecule has 1 amide bonds. The van der Waals surface area contributed by atoms with Gasteiger partial charge in [0, 0.05) is 5.69 Å². The van der Waals surface area contributed by atoms with E-state index in [4.69, 9.17) is 5.73 Å². The number of nitrogen functional groups attached to an aromatic ring is 1. The number of nitrogens with two attached hydrogens (primary N) is 1. The Bertz CT molecular complexity index is 691. The number of carbonyl (C=O) groups excluding carboxylic acids is 1. The van der Waals surface area contributed by atoms with E-state index in [-0.39, 0.29) is 5.91 Å². The lowest BCUT2D eigenvalue weighted by Crippen LogP contribution is -2.25. The van der Waals surface area contributed by atoms with Crippen LogP contribution in [0.5, 0.6) is 0 Å². The molecular weight excluding hydrogens is 248 g/mol. The molecule has 1 aliphatic heterocycles. The Morgan fingerprint density at radius 3 is 2.65 bits per heavy atom. The molecule has 0 fully saturated rings. The predicted octanol–water partition coefficient (Wildman–Crippen LogP) is 3.30. The fraction of sp³-hybridized carbons (Fsp3) is 0.235. The van der Waals surface area contributed by atoms with Gasteiger partial charge in [0.25, 0.3) is 5.91 Å². The van der Waals surface area contributed by atoms with Gasteiger partial charge >= 0.3 is 0 Å². The van der Waals surface area contributed by atoms with Crippen LogP contribution in [0.2, 0.25) is 0 Å². The Kier molecular flexibility index (Phi) is 2.97. The first-order valence-corrected chi connectivity index (χ1v) is 6.91. The standard InChI is InChI=1S/C17H18N2O/c1-3-12-7-4-6-11(2)16(12)19-10-13-8-5-9-14(18)15(13)17(19)20/h4-9H,3,10,18H2,1-2H3. The van der Waals surface area contributed by atoms with Crippen molar-refractivity contribution in [3.63, 3.8) is 0 Å². The first-order valence-electron chi connectivity index (χ1n) is 6.91. The Balaban J connectivity index is 2.12. The van der Waals surface area contributed by atoms with Gasteiger partial charge in [-0.2, -0.15) is 0 Å². The number of nitrogens with zero attached hydrogens (tertiary/aromatic N) is 1. The minimum Gasteiger partial charge on any atom is -0.398 e. The van der Waals surface area contributed by atoms with Gasteiger partial charge in [-0.25, -0.2) is 0 Å². The monoisotopic (exact) mass is 266 g/mol. The normalized spacial score (nSPS) is 13.7. The molecule has 0 spiro atoms. The van der Waals surface area contributed by atoms with Crippen molar-refractivity contribution in [2.24, 2.45) is 0 Å². The molecule has 3 rings (SSSR count). The van der Waals surface area contributed by atoms with Crippen molar-refractivity contribution in [2.45, 2.75) is 26.8 Å². The number of hydrogen-bond acceptors (Lipinski definition) is 2. The van der Waals surface area contributed by atoms with Crippen molar-refractivity contribution < 1.29 is 4.79 Å². The maximum Gasteiger partial charge on any atom is 0.261 e. The summed E-state index contributed by atoms with van der Waals surface area (Å²) >= 11 is 0. The fourth-order valence-electron chi connectivity index (χ4n) is 2.96. The molecule has 2 aromatic rings. The lowest BCUT2D eigenvalue weighted by atomic mass is 10.0. The zero-order valence-electron chi connectivity index (χ0n) is 11.8. The quantitative estimate of drug-likeness (QED) is 0.848. The van der Waals surface area contributed by atoms with Crippen molar-refractivity contribution >= 4 is 17.3 Å². The molecule has 3 nitrogen and oxygen atoms in total. The molecular formula is C17H18N2O. The minimum absolute atomic E-state index is 0.0158. The summed E-state index contributed by atoms with van der Waals surface area (Å²) in [5.41, 5.74) is 11.6. The Labute approximate surface area is 119 Å². The molecule has 0 atom stereocenters. The molecule has 1 aliphatic rings. The average Bonchev–Trinajstić information content (AvgIpc) is 2.77. The average molecular weight is 266 g/mol. The molecule has 0 radical (unpaired) electrons. The van der Waals surface area contributed by atoms with Gasteiger partial charge in [-0.15, -0.1) is 0 Å². The van der Waals surface area contributed by atoms with Crippen molar-refractivity contribution in [1.29, 1.82) is 0 Å². The number of fused-ring (bicyclic) bond motifs is 1. The Morgan fingerprint density at radius 2 is 1.95 bits per heavy atom. The number of benzene rings is 2. The maximum absolute atomic E-state index is 12.7. The number of rotatable bonds is 2. The summed E-state index contributed by atoms with van der Waals surface area (Å²) in [7, 11) is 0. The molecule has 0 saturated heterocycles. The first kappa shape index (κ1) is 12.7. The van der Waals surface area contributed by atoms with E-state index in [1.54, 1.807) is 6.07 Å². The van der Waals surface area contributed by atoms with Crippen LogP contribution in [0, 0.1) is 6.92 Å². The lowest BCUT2D eigenvalue weighted by Gasteiger charge is -2.21. The molecule has 0 bridgehead atoms. The van der Waals surface area contributed by atoms with Crippen molar-refractivity contribution in [1.82, 2.24) is 0 Å². The third kappa shape index (κ3) is 1.78. The summed E-state index contributed by atoms with van der Waals surface area (Å²) in [6.07, 6.45) is 0.909. The molecule has 2 aromatic carbocycles. The summed E-state index contributed by atoms with van der Waals surface area (Å²) < 4.78 is 0. The molecule has 0 aliphatic carbocycles. The van der Waals surface area contributed by atoms with Crippen LogP contribution in [0.3, 0.4) is 0 Å². The largest absolute Gasteiger partial charge is 0.398 e. The van der Waals surface area contributed by atoms with Gasteiger partial charge in [-0.1, -0.05) is 37.3 Å². The van der Waals surface area contributed by atoms with E-state index < -0.39 is 0 Å². The van der Waals surface area contributed by atoms with Gasteiger partial charge in [0.1, 0.15) is 0 Å². The van der Waals surface area contributed by atoms with Gasteiger partial charge in [-0.05, 0) is 36.1 Å². The third-order valence-electron chi connectivity index (χ3n) is 3.94. The summed E-state index contributed by atoms with van der Waals surface area (Å²) in [5.74, 6) is 0.0158. The fourth-order valence-corrected chi connectivity index (χ4v) is 2.96. The minimum atomic E-state index is 0.0158. The molecule has 0 aromatic heterocycles. The second-order valence-corrected chi connectivity index (χ2v) is 5.21. The van der Waals surface area contributed by atoms with E-state index in [2.05, 4.69) is 13.0 Å². The molecule has 102 valence electrons. The lowest BCUT2D eigenvalue weighted by molar-refractivity contribution is 0.0997. The van der Waals surface area contributed by atoms with Crippen molar-refractivity contribution in [3.05, 3.63) is 58.7 Å². The second kappa shape index (κ2) is 4.67. The van der Waals surface area contributed by atoms with Crippen LogP contribution in [0.4, 0.5) is 11.4 Å². The van der Waals surface area contributed by atoms with Gasteiger partial charge in [-0.3, -0.25) is 4.79 Å². The summed E-state index contributed by atoms with van der Waals surface area (Å²) in [6.45, 7) is 4.77. The smallest absolute Gasteiger partial charge is 0.261 e. The van der Waals surface area contributed by atoms with E-state index in [9.17, 15) is 4.79 Å². The van der Waals surface area contributed by atoms with Crippen LogP contribution in [0.25, 0.3) is 0 Å². The number of hydrogen-bond donors (Lipinski definition) is 1. The van der Waals surface area contributed by atoms with Gasteiger partial charge < -0.3 is 10.6 Å². The van der Waals surface area contributed by atoms with Gasteiger partial charge in [0.05, 0.1) is 17.8 Å². The number of carbonyl (C=O) groups is 1. The third-order valence-corrected chi connectivity index (χ3v) is 3.94. The highest BCUT2D eigenvalue weighted by Crippen LogP contribution is 2.35. The number of para-hydroxylation sites is 1. The summed E-state index contributed by atoms with van der Waals surface area (Å²) in [5, 5.41) is 0. The van der Waals surface area contributed by atoms with Crippen LogP contribution in [0.15, 0.2) is 36.4 Å². The Hall–Kier alpha value is -2.29. The van der Waals surface area contributed by atoms with E-state index >= 15 is 0 Å². The topological polar surface area (TPSA) is 46.3 Å². The van der Waals surface area contributed by atoms with Gasteiger partial charge in [0.2, 0.25) is 0 Å². The number of anilines is 2. The summed E-state index contributed by atoms with van der Waals surface area (Å²) in [4.78, 5) is 14.5. The second-order valence-electron chi connectivity index (χ2n) is 5.21. The zero-order chi connectivity index (χ0) is 14.3. The van der Waals surface area contributed by atoms with Crippen LogP contribution in [-0.4, -0.2) is 5.91 Å². The zero-order valence-corrected chi connectivity index (χ0v) is 11.8. The van der Waals surface area contributed by atoms with E-state index in [1.807, 2.05) is 36.1 Å². The number of amides is 1. The van der Waals surface area contributed by atoms with E-state index in [1.165, 1.54) is 5.56 Å². The van der Waals surface area contributed by atoms with Crippen molar-refractivity contribution in [3.8, 4) is 0 Å². The molecule has 0 unspecified atom stereocenters. The maximum atomic E-state index is 12.7. The first-order chi connectivity index (χ1) is 9.63. The highest BCUT2D eigenvalue weighted by molar-refractivity contribution is 6.13. The van der Waals surface area contributed by atoms with Crippen molar-refractivity contribution in [2.75, 3.05) is 10.6 Å². The highest BCUT2D eigenvalue weighted by Gasteiger charge is 2.31. The predicted molar refractivity (Wildman–Crippen MR) is 81.9 cm³/mol. The van der Waals surface area contributed by atoms with Crippen LogP contribution in [-0.2, 0) is 13.0 Å². The molecule has 3 heteroatoms. The van der Waals surface area contributed by atoms with Gasteiger partial charge in [0.15, 0.2) is 0 Å². The van der Waals surface area contributed by atoms with Crippen LogP contribution < -0.4 is 10.6 Å². The Morgan fingerprint density at radius 1 is 1.20 bits per heavy atom. The van der Waals surface area contributed by atoms with E-state index in [0.29, 0.717) is 17.8 Å². The SMILES string of the molecule is CCc1cccc(C)c1N1Cc2cccc(N)c2C1=O. The number of aryl methyl sites for hydroxylation is 2. The highest BCUT2D eigenvalue weighted by atomic mass is 16.2. The molecule has 2 N–H and O–H groups in total. The molecule has 0 saturated carbocycles. The molecule has 1 heterocycles. The van der Waals surface area contributed by atoms with Crippen LogP contribution in [0.1, 0.15) is 34.0 Å².